The lowest BCUT2D eigenvalue weighted by molar-refractivity contribution is -0.160. The quantitative estimate of drug-likeness (QED) is 0.347. The Morgan fingerprint density at radius 3 is 2.41 bits per heavy atom. The first-order valence-corrected chi connectivity index (χ1v) is 5.29. The van der Waals surface area contributed by atoms with Crippen molar-refractivity contribution in [3.8, 4) is 0 Å². The molecular formula is C13H14O4. The molecule has 90 valence electrons. The molecule has 4 nitrogen and oxygen atoms in total. The highest BCUT2D eigenvalue weighted by Crippen LogP contribution is 2.42. The molecule has 1 fully saturated rings. The predicted molar refractivity (Wildman–Crippen MR) is 60.7 cm³/mol. The molecule has 0 saturated carbocycles. The van der Waals surface area contributed by atoms with E-state index in [0.717, 1.165) is 0 Å². The summed E-state index contributed by atoms with van der Waals surface area (Å²) in [7, 11) is 0. The van der Waals surface area contributed by atoms with Gasteiger partial charge in [-0.25, -0.2) is 4.79 Å². The van der Waals surface area contributed by atoms with Crippen LogP contribution in [-0.4, -0.2) is 11.6 Å². The van der Waals surface area contributed by atoms with Crippen molar-refractivity contribution < 1.29 is 19.3 Å². The molecule has 1 aliphatic rings. The molecule has 1 aromatic rings. The van der Waals surface area contributed by atoms with Gasteiger partial charge >= 0.3 is 11.8 Å². The first-order chi connectivity index (χ1) is 8.00. The number of carbonyl (C=O) groups is 1. The SMILES string of the molecule is C=CC(C)(C)OC(=O)C1(c2ccccc2)OO1. The molecule has 1 heterocycles. The van der Waals surface area contributed by atoms with Gasteiger partial charge in [-0.3, -0.25) is 0 Å². The van der Waals surface area contributed by atoms with Crippen molar-refractivity contribution in [1.82, 2.24) is 0 Å². The lowest BCUT2D eigenvalue weighted by Crippen LogP contribution is -2.33. The number of carbonyl (C=O) groups excluding carboxylic acids is 1. The summed E-state index contributed by atoms with van der Waals surface area (Å²) in [5, 5.41) is 0. The first-order valence-electron chi connectivity index (χ1n) is 5.29. The van der Waals surface area contributed by atoms with Crippen LogP contribution in [0.25, 0.3) is 0 Å². The van der Waals surface area contributed by atoms with Gasteiger partial charge in [0.25, 0.3) is 0 Å². The minimum absolute atomic E-state index is 0.575. The maximum atomic E-state index is 12.0. The van der Waals surface area contributed by atoms with Gasteiger partial charge in [0.15, 0.2) is 0 Å². The Balaban J connectivity index is 2.18. The van der Waals surface area contributed by atoms with Gasteiger partial charge in [-0.05, 0) is 19.9 Å². The van der Waals surface area contributed by atoms with Crippen molar-refractivity contribution in [2.45, 2.75) is 25.2 Å². The van der Waals surface area contributed by atoms with Crippen LogP contribution < -0.4 is 0 Å². The van der Waals surface area contributed by atoms with Crippen molar-refractivity contribution in [1.29, 1.82) is 0 Å². The second-order valence-electron chi connectivity index (χ2n) is 4.35. The minimum atomic E-state index is -1.40. The zero-order valence-electron chi connectivity index (χ0n) is 9.80. The molecule has 0 atom stereocenters. The first kappa shape index (κ1) is 11.8. The lowest BCUT2D eigenvalue weighted by Gasteiger charge is -2.21. The third kappa shape index (κ3) is 2.23. The van der Waals surface area contributed by atoms with Crippen LogP contribution in [0.2, 0.25) is 0 Å². The molecule has 0 bridgehead atoms. The molecule has 0 unspecified atom stereocenters. The molecule has 0 amide bonds. The summed E-state index contributed by atoms with van der Waals surface area (Å²) in [4.78, 5) is 21.6. The van der Waals surface area contributed by atoms with Gasteiger partial charge in [0.05, 0.1) is 0 Å². The number of hydrogen-bond donors (Lipinski definition) is 0. The number of ether oxygens (including phenoxy) is 1. The Hall–Kier alpha value is -1.65. The summed E-state index contributed by atoms with van der Waals surface area (Å²) >= 11 is 0. The van der Waals surface area contributed by atoms with Crippen molar-refractivity contribution in [2.24, 2.45) is 0 Å². The molecule has 1 saturated heterocycles. The fraction of sp³-hybridized carbons (Fsp3) is 0.308. The molecule has 0 spiro atoms. The molecule has 17 heavy (non-hydrogen) atoms. The summed E-state index contributed by atoms with van der Waals surface area (Å²) in [6, 6.07) is 8.94. The van der Waals surface area contributed by atoms with E-state index < -0.39 is 17.4 Å². The molecule has 0 aliphatic carbocycles. The highest BCUT2D eigenvalue weighted by Gasteiger charge is 2.61. The Morgan fingerprint density at radius 2 is 1.94 bits per heavy atom. The maximum Gasteiger partial charge on any atom is 0.378 e. The molecule has 0 aromatic heterocycles. The van der Waals surface area contributed by atoms with E-state index in [1.807, 2.05) is 6.07 Å². The number of benzene rings is 1. The van der Waals surface area contributed by atoms with Crippen LogP contribution >= 0.6 is 0 Å². The number of hydrogen-bond acceptors (Lipinski definition) is 4. The summed E-state index contributed by atoms with van der Waals surface area (Å²) in [5.41, 5.74) is -0.140. The summed E-state index contributed by atoms with van der Waals surface area (Å²) < 4.78 is 5.26. The Bertz CT molecular complexity index is 432. The molecule has 1 aliphatic heterocycles. The topological polar surface area (TPSA) is 51.4 Å². The van der Waals surface area contributed by atoms with Crippen molar-refractivity contribution in [2.75, 3.05) is 0 Å². The van der Waals surface area contributed by atoms with Crippen LogP contribution in [0, 0.1) is 0 Å². The normalized spacial score (nSPS) is 17.3. The van der Waals surface area contributed by atoms with Crippen LogP contribution in [0.3, 0.4) is 0 Å². The fourth-order valence-electron chi connectivity index (χ4n) is 1.33. The van der Waals surface area contributed by atoms with E-state index in [-0.39, 0.29) is 0 Å². The van der Waals surface area contributed by atoms with E-state index >= 15 is 0 Å². The standard InChI is InChI=1S/C13H14O4/c1-4-12(2,3)15-11(14)13(16-17-13)10-8-6-5-7-9-10/h4-9H,1H2,2-3H3. The van der Waals surface area contributed by atoms with Crippen LogP contribution in [0.4, 0.5) is 0 Å². The molecular weight excluding hydrogens is 220 g/mol. The van der Waals surface area contributed by atoms with Gasteiger partial charge in [-0.15, -0.1) is 0 Å². The second kappa shape index (κ2) is 3.98. The van der Waals surface area contributed by atoms with Gasteiger partial charge in [0.1, 0.15) is 5.60 Å². The smallest absolute Gasteiger partial charge is 0.378 e. The van der Waals surface area contributed by atoms with E-state index in [2.05, 4.69) is 6.58 Å². The van der Waals surface area contributed by atoms with Crippen molar-refractivity contribution >= 4 is 5.97 Å². The monoisotopic (exact) mass is 234 g/mol. The van der Waals surface area contributed by atoms with E-state index in [1.54, 1.807) is 44.2 Å². The van der Waals surface area contributed by atoms with Crippen LogP contribution in [0.1, 0.15) is 19.4 Å². The average Bonchev–Trinajstić information content (AvgIpc) is 3.11. The third-order valence-corrected chi connectivity index (χ3v) is 2.52. The van der Waals surface area contributed by atoms with Crippen LogP contribution in [0.15, 0.2) is 43.0 Å². The molecule has 0 N–H and O–H groups in total. The highest BCUT2D eigenvalue weighted by molar-refractivity contribution is 5.81. The van der Waals surface area contributed by atoms with Gasteiger partial charge in [-0.1, -0.05) is 36.9 Å². The number of esters is 1. The largest absolute Gasteiger partial charge is 0.451 e. The average molecular weight is 234 g/mol. The summed E-state index contributed by atoms with van der Waals surface area (Å²) in [6.07, 6.45) is 1.55. The zero-order valence-corrected chi connectivity index (χ0v) is 9.80. The second-order valence-corrected chi connectivity index (χ2v) is 4.35. The third-order valence-electron chi connectivity index (χ3n) is 2.52. The minimum Gasteiger partial charge on any atom is -0.451 e. The van der Waals surface area contributed by atoms with Crippen molar-refractivity contribution in [3.05, 3.63) is 48.6 Å². The molecule has 2 rings (SSSR count). The fourth-order valence-corrected chi connectivity index (χ4v) is 1.33. The molecule has 4 heteroatoms. The van der Waals surface area contributed by atoms with Gasteiger partial charge in [-0.2, -0.15) is 9.78 Å². The highest BCUT2D eigenvalue weighted by atomic mass is 17.4. The Morgan fingerprint density at radius 1 is 1.35 bits per heavy atom. The Labute approximate surface area is 99.7 Å². The van der Waals surface area contributed by atoms with E-state index in [0.29, 0.717) is 5.56 Å². The van der Waals surface area contributed by atoms with Gasteiger partial charge in [0, 0.05) is 5.56 Å². The molecule has 1 aromatic carbocycles. The van der Waals surface area contributed by atoms with Gasteiger partial charge in [0.2, 0.25) is 0 Å². The van der Waals surface area contributed by atoms with Gasteiger partial charge < -0.3 is 4.74 Å². The summed E-state index contributed by atoms with van der Waals surface area (Å²) in [5.74, 6) is -1.98. The summed E-state index contributed by atoms with van der Waals surface area (Å²) in [6.45, 7) is 7.07. The van der Waals surface area contributed by atoms with Crippen LogP contribution in [-0.2, 0) is 25.1 Å². The zero-order chi connectivity index (χ0) is 12.5. The maximum absolute atomic E-state index is 12.0. The van der Waals surface area contributed by atoms with E-state index in [4.69, 9.17) is 14.5 Å². The van der Waals surface area contributed by atoms with Crippen LogP contribution in [0.5, 0.6) is 0 Å². The number of rotatable bonds is 4. The van der Waals surface area contributed by atoms with E-state index in [9.17, 15) is 4.79 Å². The van der Waals surface area contributed by atoms with E-state index in [1.165, 1.54) is 0 Å². The lowest BCUT2D eigenvalue weighted by atomic mass is 10.1. The predicted octanol–water partition coefficient (Wildman–Crippen LogP) is 2.31. The Kier molecular flexibility index (Phi) is 2.77. The molecule has 0 radical (unpaired) electrons. The van der Waals surface area contributed by atoms with Crippen molar-refractivity contribution in [3.63, 3.8) is 0 Å².